The zero-order valence-corrected chi connectivity index (χ0v) is 14.7. The zero-order valence-electron chi connectivity index (χ0n) is 13.9. The lowest BCUT2D eigenvalue weighted by molar-refractivity contribution is -0.862. The molecule has 0 aliphatic heterocycles. The predicted octanol–water partition coefficient (Wildman–Crippen LogP) is 1.11. The Morgan fingerprint density at radius 2 is 1.67 bits per heavy atom. The lowest BCUT2D eigenvalue weighted by Gasteiger charge is -2.22. The van der Waals surface area contributed by atoms with Gasteiger partial charge in [-0.15, -0.1) is 0 Å². The van der Waals surface area contributed by atoms with E-state index in [1.807, 2.05) is 21.1 Å². The maximum atomic E-state index is 11.4. The van der Waals surface area contributed by atoms with Gasteiger partial charge in [0.25, 0.3) is 5.91 Å². The molecule has 7 heteroatoms. The highest BCUT2D eigenvalue weighted by Crippen LogP contribution is 1.95. The van der Waals surface area contributed by atoms with E-state index in [1.165, 1.54) is 12.8 Å². The molecule has 0 spiro atoms. The molecule has 21 heavy (non-hydrogen) atoms. The molecule has 1 N–H and O–H groups in total. The summed E-state index contributed by atoms with van der Waals surface area (Å²) >= 11 is 0. The van der Waals surface area contributed by atoms with Crippen LogP contribution in [0.5, 0.6) is 0 Å². The molecule has 0 aromatic heterocycles. The number of unbranched alkanes of at least 4 members (excludes halogenated alkanes) is 2. The average molecular weight is 322 g/mol. The van der Waals surface area contributed by atoms with E-state index < -0.39 is 10.1 Å². The smallest absolute Gasteiger partial charge is 0.275 e. The van der Waals surface area contributed by atoms with Crippen LogP contribution in [0.1, 0.15) is 32.6 Å². The number of quaternary nitrogens is 1. The lowest BCUT2D eigenvalue weighted by Crippen LogP contribution is -2.44. The number of carbonyl (C=O) groups excluding carboxylic acids is 1. The molecule has 126 valence electrons. The molecule has 0 saturated heterocycles. The van der Waals surface area contributed by atoms with Crippen molar-refractivity contribution >= 4 is 16.0 Å². The van der Waals surface area contributed by atoms with Crippen LogP contribution < -0.4 is 5.32 Å². The second kappa shape index (κ2) is 11.7. The molecule has 0 aromatic carbocycles. The molecule has 0 fully saturated rings. The van der Waals surface area contributed by atoms with Crippen molar-refractivity contribution in [1.29, 1.82) is 0 Å². The fourth-order valence-corrected chi connectivity index (χ4v) is 1.34. The second-order valence-corrected chi connectivity index (χ2v) is 7.31. The highest BCUT2D eigenvalue weighted by molar-refractivity contribution is 7.84. The van der Waals surface area contributed by atoms with Crippen LogP contribution in [0.4, 0.5) is 0 Å². The Hall–Kier alpha value is -0.920. The fourth-order valence-electron chi connectivity index (χ4n) is 1.34. The summed E-state index contributed by atoms with van der Waals surface area (Å²) in [5.41, 5.74) is 0. The molecule has 6 nitrogen and oxygen atoms in total. The van der Waals surface area contributed by atoms with Crippen molar-refractivity contribution in [3.8, 4) is 0 Å². The van der Waals surface area contributed by atoms with Crippen molar-refractivity contribution < 1.29 is 22.2 Å². The molecule has 0 heterocycles. The normalized spacial score (nSPS) is 11.9. The van der Waals surface area contributed by atoms with Crippen LogP contribution >= 0.6 is 0 Å². The van der Waals surface area contributed by atoms with Gasteiger partial charge in [0.2, 0.25) is 0 Å². The Morgan fingerprint density at radius 3 is 2.10 bits per heavy atom. The van der Waals surface area contributed by atoms with Crippen LogP contribution in [0, 0.1) is 0 Å². The van der Waals surface area contributed by atoms with E-state index in [0.29, 0.717) is 17.3 Å². The molecule has 1 amide bonds. The van der Waals surface area contributed by atoms with Gasteiger partial charge in [-0.3, -0.25) is 4.79 Å². The number of hydrogen-bond acceptors (Lipinski definition) is 4. The summed E-state index contributed by atoms with van der Waals surface area (Å²) in [6.45, 7) is 3.49. The molecule has 0 aromatic rings. The first-order valence-corrected chi connectivity index (χ1v) is 8.90. The van der Waals surface area contributed by atoms with E-state index in [1.54, 1.807) is 0 Å². The summed E-state index contributed by atoms with van der Waals surface area (Å²) in [4.78, 5) is 11.4. The minimum absolute atomic E-state index is 0.134. The maximum absolute atomic E-state index is 11.4. The van der Waals surface area contributed by atoms with Crippen LogP contribution in [0.15, 0.2) is 12.2 Å². The Morgan fingerprint density at radius 1 is 1.19 bits per heavy atom. The van der Waals surface area contributed by atoms with Gasteiger partial charge >= 0.3 is 0 Å². The van der Waals surface area contributed by atoms with E-state index in [0.717, 1.165) is 19.4 Å². The molecular formula is C14H30N2O4S. The van der Waals surface area contributed by atoms with Gasteiger partial charge in [0.15, 0.2) is 6.54 Å². The maximum Gasteiger partial charge on any atom is 0.275 e. The van der Waals surface area contributed by atoms with Crippen molar-refractivity contribution in [2.75, 3.05) is 40.5 Å². The summed E-state index contributed by atoms with van der Waals surface area (Å²) in [7, 11) is 2.14. The highest BCUT2D eigenvalue weighted by Gasteiger charge is 2.12. The van der Waals surface area contributed by atoms with Gasteiger partial charge in [-0.2, -0.15) is 0 Å². The van der Waals surface area contributed by atoms with E-state index in [9.17, 15) is 4.79 Å². The minimum Gasteiger partial charge on any atom is -0.748 e. The van der Waals surface area contributed by atoms with Gasteiger partial charge in [-0.1, -0.05) is 31.9 Å². The fraction of sp³-hybridized carbons (Fsp3) is 0.786. The van der Waals surface area contributed by atoms with Crippen molar-refractivity contribution in [3.63, 3.8) is 0 Å². The Balaban J connectivity index is 0. The van der Waals surface area contributed by atoms with Crippen molar-refractivity contribution in [3.05, 3.63) is 12.2 Å². The third kappa shape index (κ3) is 32.5. The average Bonchev–Trinajstić information content (AvgIpc) is 2.23. The molecular weight excluding hydrogens is 292 g/mol. The number of allylic oxidation sites excluding steroid dienone is 1. The molecule has 0 atom stereocenters. The minimum atomic E-state index is -3.92. The van der Waals surface area contributed by atoms with Gasteiger partial charge in [0.05, 0.1) is 31.3 Å². The summed E-state index contributed by atoms with van der Waals surface area (Å²) < 4.78 is 27.9. The number of carbonyl (C=O) groups is 1. The van der Waals surface area contributed by atoms with Gasteiger partial charge in [0.1, 0.15) is 0 Å². The van der Waals surface area contributed by atoms with Crippen molar-refractivity contribution in [1.82, 2.24) is 5.32 Å². The topological polar surface area (TPSA) is 86.3 Å². The lowest BCUT2D eigenvalue weighted by atomic mass is 10.2. The molecule has 0 aliphatic carbocycles. The first kappa shape index (κ1) is 22.4. The number of rotatable bonds is 8. The Bertz CT molecular complexity index is 390. The number of amides is 1. The summed E-state index contributed by atoms with van der Waals surface area (Å²) in [5.74, 6) is 0.134. The van der Waals surface area contributed by atoms with Gasteiger partial charge < -0.3 is 14.4 Å². The number of nitrogens with zero attached hydrogens (tertiary/aromatic N) is 1. The highest BCUT2D eigenvalue weighted by atomic mass is 32.2. The van der Waals surface area contributed by atoms with Gasteiger partial charge in [-0.25, -0.2) is 8.42 Å². The summed E-state index contributed by atoms with van der Waals surface area (Å²) in [6, 6.07) is 0. The second-order valence-electron chi connectivity index (χ2n) is 5.90. The predicted molar refractivity (Wildman–Crippen MR) is 84.8 cm³/mol. The van der Waals surface area contributed by atoms with Crippen LogP contribution in [0.25, 0.3) is 0 Å². The molecule has 0 bridgehead atoms. The number of hydrogen-bond donors (Lipinski definition) is 1. The largest absolute Gasteiger partial charge is 0.748 e. The van der Waals surface area contributed by atoms with E-state index in [2.05, 4.69) is 24.4 Å². The summed E-state index contributed by atoms with van der Waals surface area (Å²) in [6.07, 6.45) is 9.55. The zero-order chi connectivity index (χ0) is 16.9. The van der Waals surface area contributed by atoms with Crippen molar-refractivity contribution in [2.45, 2.75) is 32.6 Å². The van der Waals surface area contributed by atoms with Crippen molar-refractivity contribution in [2.24, 2.45) is 0 Å². The van der Waals surface area contributed by atoms with E-state index >= 15 is 0 Å². The van der Waals surface area contributed by atoms with Gasteiger partial charge in [-0.05, 0) is 12.8 Å². The summed E-state index contributed by atoms with van der Waals surface area (Å²) in [5, 5.41) is 2.92. The molecule has 0 saturated carbocycles. The molecule has 0 rings (SSSR count). The third-order valence-electron chi connectivity index (χ3n) is 2.14. The SMILES string of the molecule is CCCC/C=C\CCNC(=O)C[N+](C)(C)C.CS(=O)(=O)[O-]. The molecule has 0 radical (unpaired) electrons. The number of nitrogens with one attached hydrogen (secondary N) is 1. The third-order valence-corrected chi connectivity index (χ3v) is 2.14. The van der Waals surface area contributed by atoms with Crippen LogP contribution in [0.3, 0.4) is 0 Å². The first-order chi connectivity index (χ1) is 9.45. The Labute approximate surface area is 129 Å². The Kier molecular flexibility index (Phi) is 12.5. The quantitative estimate of drug-likeness (QED) is 0.314. The van der Waals surface area contributed by atoms with Crippen LogP contribution in [-0.4, -0.2) is 63.8 Å². The van der Waals surface area contributed by atoms with E-state index in [-0.39, 0.29) is 5.91 Å². The standard InChI is InChI=1S/C13H26N2O.CH4O3S/c1-5-6-7-8-9-10-11-14-13(16)12-15(2,3)4;1-5(2,3)4/h8-9H,5-7,10-12H2,1-4H3;1H3,(H,2,3,4)/b9-8-;. The number of likely N-dealkylation sites (N-methyl/N-ethyl adjacent to an activating group) is 1. The van der Waals surface area contributed by atoms with Gasteiger partial charge in [0, 0.05) is 12.8 Å². The molecule has 0 unspecified atom stereocenters. The van der Waals surface area contributed by atoms with Crippen LogP contribution in [0.2, 0.25) is 0 Å². The van der Waals surface area contributed by atoms with E-state index in [4.69, 9.17) is 13.0 Å². The first-order valence-electron chi connectivity index (χ1n) is 7.08. The van der Waals surface area contributed by atoms with Crippen LogP contribution in [-0.2, 0) is 14.9 Å². The monoisotopic (exact) mass is 322 g/mol. The molecule has 0 aliphatic rings.